The van der Waals surface area contributed by atoms with Gasteiger partial charge in [0.25, 0.3) is 5.89 Å². The minimum atomic E-state index is 0.0629. The van der Waals surface area contributed by atoms with Crippen molar-refractivity contribution in [1.82, 2.24) is 30.1 Å². The molecule has 1 aromatic carbocycles. The first-order valence-corrected chi connectivity index (χ1v) is 9.89. The Morgan fingerprint density at radius 2 is 1.87 bits per heavy atom. The molecule has 5 rings (SSSR count). The van der Waals surface area contributed by atoms with Crippen LogP contribution in [-0.2, 0) is 0 Å². The first-order chi connectivity index (χ1) is 15.2. The molecule has 31 heavy (non-hydrogen) atoms. The van der Waals surface area contributed by atoms with Crippen molar-refractivity contribution >= 4 is 17.6 Å². The molecule has 0 aliphatic heterocycles. The van der Waals surface area contributed by atoms with E-state index in [1.165, 1.54) is 12.8 Å². The van der Waals surface area contributed by atoms with Gasteiger partial charge in [-0.05, 0) is 37.0 Å². The van der Waals surface area contributed by atoms with E-state index >= 15 is 0 Å². The number of hydrogen-bond acceptors (Lipinski definition) is 10. The molecule has 0 amide bonds. The standard InChI is InChI=1S/C21H20N8O2/c1-29(15-5-3-2-4-6-15)21-26-17(25-20(22)27-21)18-24-19(31-28-18)14-9-10-16(23-11-14)30-12-13-7-8-13/h2-6,9-11,13H,7-8,12H2,1H3,(H2,22,25,26,27). The van der Waals surface area contributed by atoms with E-state index in [1.54, 1.807) is 17.2 Å². The first-order valence-electron chi connectivity index (χ1n) is 9.89. The third kappa shape index (κ3) is 4.27. The quantitative estimate of drug-likeness (QED) is 0.479. The SMILES string of the molecule is CN(c1ccccc1)c1nc(N)nc(-c2noc(-c3ccc(OCC4CC4)nc3)n2)n1. The van der Waals surface area contributed by atoms with Crippen molar-refractivity contribution in [3.63, 3.8) is 0 Å². The number of hydrogen-bond donors (Lipinski definition) is 1. The number of pyridine rings is 1. The van der Waals surface area contributed by atoms with Gasteiger partial charge in [0.2, 0.25) is 29.4 Å². The van der Waals surface area contributed by atoms with Crippen LogP contribution in [0.5, 0.6) is 5.88 Å². The van der Waals surface area contributed by atoms with Crippen LogP contribution in [0.25, 0.3) is 23.1 Å². The average Bonchev–Trinajstić information content (AvgIpc) is 3.51. The molecule has 1 aliphatic carbocycles. The summed E-state index contributed by atoms with van der Waals surface area (Å²) >= 11 is 0. The highest BCUT2D eigenvalue weighted by molar-refractivity contribution is 5.60. The van der Waals surface area contributed by atoms with E-state index < -0.39 is 0 Å². The maximum atomic E-state index is 5.90. The van der Waals surface area contributed by atoms with Gasteiger partial charge in [0, 0.05) is 25.0 Å². The van der Waals surface area contributed by atoms with E-state index in [1.807, 2.05) is 43.4 Å². The Morgan fingerprint density at radius 3 is 2.61 bits per heavy atom. The molecule has 4 aromatic rings. The Balaban J connectivity index is 1.37. The number of anilines is 3. The van der Waals surface area contributed by atoms with Crippen molar-refractivity contribution in [2.45, 2.75) is 12.8 Å². The summed E-state index contributed by atoms with van der Waals surface area (Å²) in [7, 11) is 1.84. The second kappa shape index (κ2) is 7.98. The van der Waals surface area contributed by atoms with E-state index in [9.17, 15) is 0 Å². The molecule has 0 saturated heterocycles. The Kier molecular flexibility index (Phi) is 4.87. The molecule has 0 unspecified atom stereocenters. The molecule has 0 radical (unpaired) electrons. The monoisotopic (exact) mass is 416 g/mol. The Morgan fingerprint density at radius 1 is 1.03 bits per heavy atom. The van der Waals surface area contributed by atoms with Crippen LogP contribution in [0.3, 0.4) is 0 Å². The zero-order chi connectivity index (χ0) is 21.2. The third-order valence-electron chi connectivity index (χ3n) is 4.86. The minimum Gasteiger partial charge on any atom is -0.477 e. The molecular formula is C21H20N8O2. The molecule has 0 atom stereocenters. The van der Waals surface area contributed by atoms with Crippen LogP contribution in [0, 0.1) is 5.92 Å². The second-order valence-corrected chi connectivity index (χ2v) is 7.27. The Bertz CT molecular complexity index is 1180. The van der Waals surface area contributed by atoms with Crippen LogP contribution in [0.15, 0.2) is 53.2 Å². The zero-order valence-corrected chi connectivity index (χ0v) is 16.8. The third-order valence-corrected chi connectivity index (χ3v) is 4.86. The van der Waals surface area contributed by atoms with Crippen molar-refractivity contribution in [3.05, 3.63) is 48.7 Å². The molecule has 1 fully saturated rings. The topological polar surface area (TPSA) is 129 Å². The Labute approximate surface area is 178 Å². The van der Waals surface area contributed by atoms with E-state index in [2.05, 4.69) is 30.1 Å². The lowest BCUT2D eigenvalue weighted by atomic mass is 10.3. The smallest absolute Gasteiger partial charge is 0.259 e. The fourth-order valence-electron chi connectivity index (χ4n) is 2.91. The van der Waals surface area contributed by atoms with Crippen LogP contribution < -0.4 is 15.4 Å². The number of para-hydroxylation sites is 1. The predicted molar refractivity (Wildman–Crippen MR) is 113 cm³/mol. The summed E-state index contributed by atoms with van der Waals surface area (Å²) in [5.41, 5.74) is 7.48. The van der Waals surface area contributed by atoms with E-state index in [0.29, 0.717) is 35.8 Å². The summed E-state index contributed by atoms with van der Waals surface area (Å²) in [5.74, 6) is 2.41. The lowest BCUT2D eigenvalue weighted by Gasteiger charge is -2.17. The zero-order valence-electron chi connectivity index (χ0n) is 16.8. The van der Waals surface area contributed by atoms with E-state index in [0.717, 1.165) is 5.69 Å². The summed E-state index contributed by atoms with van der Waals surface area (Å²) < 4.78 is 11.0. The minimum absolute atomic E-state index is 0.0629. The Hall–Kier alpha value is -4.08. The average molecular weight is 416 g/mol. The van der Waals surface area contributed by atoms with Crippen molar-refractivity contribution < 1.29 is 9.26 Å². The molecule has 1 saturated carbocycles. The van der Waals surface area contributed by atoms with Crippen molar-refractivity contribution in [2.75, 3.05) is 24.3 Å². The highest BCUT2D eigenvalue weighted by Gasteiger charge is 2.22. The van der Waals surface area contributed by atoms with Crippen LogP contribution in [0.2, 0.25) is 0 Å². The first kappa shape index (κ1) is 18.9. The maximum absolute atomic E-state index is 5.90. The summed E-state index contributed by atoms with van der Waals surface area (Å²) in [6, 6.07) is 13.3. The van der Waals surface area contributed by atoms with Crippen molar-refractivity contribution in [2.24, 2.45) is 5.92 Å². The molecule has 3 aromatic heterocycles. The second-order valence-electron chi connectivity index (χ2n) is 7.27. The van der Waals surface area contributed by atoms with Gasteiger partial charge in [-0.1, -0.05) is 23.4 Å². The van der Waals surface area contributed by atoms with Crippen LogP contribution >= 0.6 is 0 Å². The number of nitrogens with zero attached hydrogens (tertiary/aromatic N) is 7. The van der Waals surface area contributed by atoms with Crippen LogP contribution in [0.4, 0.5) is 17.6 Å². The lowest BCUT2D eigenvalue weighted by molar-refractivity contribution is 0.288. The van der Waals surface area contributed by atoms with E-state index in [4.69, 9.17) is 15.0 Å². The van der Waals surface area contributed by atoms with Crippen molar-refractivity contribution in [3.8, 4) is 29.0 Å². The van der Waals surface area contributed by atoms with Crippen LogP contribution in [0.1, 0.15) is 12.8 Å². The van der Waals surface area contributed by atoms with Gasteiger partial charge in [-0.25, -0.2) is 4.98 Å². The number of rotatable bonds is 7. The van der Waals surface area contributed by atoms with Gasteiger partial charge in [-0.2, -0.15) is 19.9 Å². The van der Waals surface area contributed by atoms with Gasteiger partial charge in [0.15, 0.2) is 0 Å². The van der Waals surface area contributed by atoms with Crippen molar-refractivity contribution in [1.29, 1.82) is 0 Å². The van der Waals surface area contributed by atoms with Gasteiger partial charge in [-0.15, -0.1) is 0 Å². The summed E-state index contributed by atoms with van der Waals surface area (Å²) in [6.07, 6.45) is 4.09. The summed E-state index contributed by atoms with van der Waals surface area (Å²) in [4.78, 5) is 23.3. The van der Waals surface area contributed by atoms with Gasteiger partial charge < -0.3 is 19.9 Å². The number of ether oxygens (including phenoxy) is 1. The lowest BCUT2D eigenvalue weighted by Crippen LogP contribution is -2.15. The van der Waals surface area contributed by atoms with Gasteiger partial charge >= 0.3 is 0 Å². The molecule has 3 heterocycles. The molecular weight excluding hydrogens is 396 g/mol. The molecule has 0 bridgehead atoms. The summed E-state index contributed by atoms with van der Waals surface area (Å²) in [5, 5.41) is 4.00. The highest BCUT2D eigenvalue weighted by atomic mass is 16.5. The molecule has 1 aliphatic rings. The largest absolute Gasteiger partial charge is 0.477 e. The predicted octanol–water partition coefficient (Wildman–Crippen LogP) is 3.12. The van der Waals surface area contributed by atoms with Gasteiger partial charge in [0.05, 0.1) is 12.2 Å². The van der Waals surface area contributed by atoms with E-state index in [-0.39, 0.29) is 17.6 Å². The highest BCUT2D eigenvalue weighted by Crippen LogP contribution is 2.29. The molecule has 0 spiro atoms. The fraction of sp³-hybridized carbons (Fsp3) is 0.238. The van der Waals surface area contributed by atoms with Gasteiger partial charge in [0.1, 0.15) is 0 Å². The number of aromatic nitrogens is 6. The fourth-order valence-corrected chi connectivity index (χ4v) is 2.91. The number of nitrogens with two attached hydrogens (primary N) is 1. The normalized spacial score (nSPS) is 13.2. The summed E-state index contributed by atoms with van der Waals surface area (Å²) in [6.45, 7) is 0.706. The number of benzene rings is 1. The molecule has 10 nitrogen and oxygen atoms in total. The molecule has 10 heteroatoms. The maximum Gasteiger partial charge on any atom is 0.259 e. The van der Waals surface area contributed by atoms with Gasteiger partial charge in [-0.3, -0.25) is 0 Å². The molecule has 156 valence electrons. The molecule has 2 N–H and O–H groups in total. The van der Waals surface area contributed by atoms with Crippen LogP contribution in [-0.4, -0.2) is 43.7 Å². The number of nitrogen functional groups attached to an aromatic ring is 1.